The summed E-state index contributed by atoms with van der Waals surface area (Å²) in [6, 6.07) is -8.22. The largest absolute Gasteiger partial charge is 0.480 e. The maximum absolute atomic E-state index is 12.8. The topological polar surface area (TPSA) is 292 Å². The zero-order valence-electron chi connectivity index (χ0n) is 23.8. The van der Waals surface area contributed by atoms with Crippen LogP contribution in [0, 0.1) is 11.8 Å². The highest BCUT2D eigenvalue weighted by Gasteiger charge is 2.33. The van der Waals surface area contributed by atoms with Crippen LogP contribution in [0.2, 0.25) is 0 Å². The lowest BCUT2D eigenvalue weighted by Crippen LogP contribution is -2.60. The Labute approximate surface area is 237 Å². The molecule has 0 saturated heterocycles. The van der Waals surface area contributed by atoms with E-state index < -0.39 is 103 Å². The predicted molar refractivity (Wildman–Crippen MR) is 143 cm³/mol. The molecule has 0 fully saturated rings. The summed E-state index contributed by atoms with van der Waals surface area (Å²) < 4.78 is 0. The Morgan fingerprint density at radius 1 is 0.659 bits per heavy atom. The van der Waals surface area contributed by atoms with Crippen molar-refractivity contribution >= 4 is 41.4 Å². The molecular weight excluding hydrogens is 546 g/mol. The third-order valence-electron chi connectivity index (χ3n) is 5.71. The molecule has 0 spiro atoms. The number of hydrogen-bond acceptors (Lipinski definition) is 10. The maximum Gasteiger partial charge on any atom is 0.326 e. The van der Waals surface area contributed by atoms with Crippen LogP contribution >= 0.6 is 0 Å². The number of aliphatic hydroxyl groups is 2. The number of carboxylic acid groups (broad SMARTS) is 1. The van der Waals surface area contributed by atoms with E-state index in [0.717, 1.165) is 0 Å². The summed E-state index contributed by atoms with van der Waals surface area (Å²) >= 11 is 0. The van der Waals surface area contributed by atoms with E-state index in [-0.39, 0.29) is 12.3 Å². The van der Waals surface area contributed by atoms with E-state index >= 15 is 0 Å². The van der Waals surface area contributed by atoms with Crippen LogP contribution < -0.4 is 38.1 Å². The molecule has 0 aliphatic carbocycles. The highest BCUT2D eigenvalue weighted by Crippen LogP contribution is 2.08. The van der Waals surface area contributed by atoms with Crippen LogP contribution in [0.3, 0.4) is 0 Å². The van der Waals surface area contributed by atoms with Crippen LogP contribution in [-0.2, 0) is 33.6 Å². The van der Waals surface area contributed by atoms with Crippen molar-refractivity contribution in [2.45, 2.75) is 83.7 Å². The smallest absolute Gasteiger partial charge is 0.326 e. The number of nitrogens with one attached hydrogen (secondary N) is 5. The molecule has 0 aliphatic heterocycles. The van der Waals surface area contributed by atoms with Gasteiger partial charge in [-0.3, -0.25) is 28.8 Å². The number of amides is 6. The van der Waals surface area contributed by atoms with Crippen LogP contribution in [-0.4, -0.2) is 106 Å². The zero-order valence-corrected chi connectivity index (χ0v) is 23.8. The molecule has 0 saturated carbocycles. The number of carbonyl (C=O) groups excluding carboxylic acids is 6. The van der Waals surface area contributed by atoms with Gasteiger partial charge < -0.3 is 53.4 Å². The summed E-state index contributed by atoms with van der Waals surface area (Å²) in [5.41, 5.74) is 10.5. The Kier molecular flexibility index (Phi) is 16.1. The first-order chi connectivity index (χ1) is 18.9. The standard InChI is InChI=1S/C24H43N7O10/c1-10(2)6-15(24(40)41)29-23(39)18(11(3)4)31-22(38)16(9-33)30-19(35)12(5)27-21(37)14(7-17(26)34)28-20(36)13(25)8-32/h10-16,18,32-33H,6-9,25H2,1-5H3,(H2,26,34)(H,27,37)(H,28,36)(H,29,39)(H,30,35)(H,31,38)(H,40,41)/t12-,13-,14-,15-,16-,18-/m0/s1. The molecule has 17 heteroatoms. The van der Waals surface area contributed by atoms with Crippen molar-refractivity contribution in [3.05, 3.63) is 0 Å². The lowest BCUT2D eigenvalue weighted by molar-refractivity contribution is -0.143. The first kappa shape index (κ1) is 37.2. The van der Waals surface area contributed by atoms with Crippen molar-refractivity contribution in [1.29, 1.82) is 0 Å². The summed E-state index contributed by atoms with van der Waals surface area (Å²) in [4.78, 5) is 85.6. The minimum Gasteiger partial charge on any atom is -0.480 e. The normalized spacial score (nSPS) is 15.5. The monoisotopic (exact) mass is 589 g/mol. The average Bonchev–Trinajstić information content (AvgIpc) is 2.87. The molecule has 41 heavy (non-hydrogen) atoms. The summed E-state index contributed by atoms with van der Waals surface area (Å²) in [5, 5.41) is 39.4. The van der Waals surface area contributed by atoms with Crippen molar-refractivity contribution in [2.75, 3.05) is 13.2 Å². The lowest BCUT2D eigenvalue weighted by Gasteiger charge is -2.27. The van der Waals surface area contributed by atoms with Gasteiger partial charge in [0, 0.05) is 0 Å². The van der Waals surface area contributed by atoms with Crippen LogP contribution in [0.15, 0.2) is 0 Å². The molecule has 0 unspecified atom stereocenters. The quantitative estimate of drug-likeness (QED) is 0.0725. The Bertz CT molecular complexity index is 959. The fourth-order valence-electron chi connectivity index (χ4n) is 3.39. The second kappa shape index (κ2) is 17.8. The molecule has 234 valence electrons. The van der Waals surface area contributed by atoms with Gasteiger partial charge in [0.2, 0.25) is 35.4 Å². The van der Waals surface area contributed by atoms with E-state index in [4.69, 9.17) is 16.6 Å². The molecular formula is C24H43N7O10. The van der Waals surface area contributed by atoms with Gasteiger partial charge in [-0.05, 0) is 25.2 Å². The van der Waals surface area contributed by atoms with Crippen LogP contribution in [0.5, 0.6) is 0 Å². The SMILES string of the molecule is CC(C)C[C@H](NC(=O)[C@@H](NC(=O)[C@H](CO)NC(=O)[C@H](C)NC(=O)[C@H](CC(N)=O)NC(=O)[C@@H](N)CO)C(C)C)C(=O)O. The van der Waals surface area contributed by atoms with E-state index in [0.29, 0.717) is 0 Å². The molecule has 0 bridgehead atoms. The van der Waals surface area contributed by atoms with Crippen molar-refractivity contribution in [2.24, 2.45) is 23.3 Å². The van der Waals surface area contributed by atoms with Gasteiger partial charge in [0.05, 0.1) is 19.6 Å². The Morgan fingerprint density at radius 3 is 1.61 bits per heavy atom. The van der Waals surface area contributed by atoms with E-state index in [1.54, 1.807) is 27.7 Å². The van der Waals surface area contributed by atoms with Crippen LogP contribution in [0.25, 0.3) is 0 Å². The molecule has 6 amide bonds. The van der Waals surface area contributed by atoms with Gasteiger partial charge >= 0.3 is 5.97 Å². The first-order valence-corrected chi connectivity index (χ1v) is 12.9. The third kappa shape index (κ3) is 13.4. The predicted octanol–water partition coefficient (Wildman–Crippen LogP) is -4.60. The van der Waals surface area contributed by atoms with Crippen LogP contribution in [0.4, 0.5) is 0 Å². The zero-order chi connectivity index (χ0) is 32.0. The number of rotatable bonds is 18. The van der Waals surface area contributed by atoms with Gasteiger partial charge in [-0.25, -0.2) is 4.79 Å². The number of nitrogens with two attached hydrogens (primary N) is 2. The second-order valence-corrected chi connectivity index (χ2v) is 10.3. The molecule has 0 radical (unpaired) electrons. The molecule has 6 atom stereocenters. The number of aliphatic hydroxyl groups excluding tert-OH is 2. The molecule has 0 aromatic rings. The molecule has 0 aliphatic rings. The minimum atomic E-state index is -1.56. The number of primary amides is 1. The van der Waals surface area contributed by atoms with Gasteiger partial charge in [-0.15, -0.1) is 0 Å². The van der Waals surface area contributed by atoms with Gasteiger partial charge in [-0.1, -0.05) is 27.7 Å². The minimum absolute atomic E-state index is 0.0413. The maximum atomic E-state index is 12.8. The average molecular weight is 590 g/mol. The van der Waals surface area contributed by atoms with Gasteiger partial charge in [0.1, 0.15) is 36.3 Å². The van der Waals surface area contributed by atoms with Crippen LogP contribution in [0.1, 0.15) is 47.5 Å². The highest BCUT2D eigenvalue weighted by molar-refractivity contribution is 5.97. The summed E-state index contributed by atoms with van der Waals surface area (Å²) in [6.45, 7) is 6.34. The molecule has 0 aromatic carbocycles. The first-order valence-electron chi connectivity index (χ1n) is 12.9. The second-order valence-electron chi connectivity index (χ2n) is 10.3. The molecule has 0 rings (SSSR count). The summed E-state index contributed by atoms with van der Waals surface area (Å²) in [7, 11) is 0. The van der Waals surface area contributed by atoms with E-state index in [2.05, 4.69) is 26.6 Å². The fourth-order valence-corrected chi connectivity index (χ4v) is 3.39. The number of hydrogen-bond donors (Lipinski definition) is 10. The molecule has 17 nitrogen and oxygen atoms in total. The lowest BCUT2D eigenvalue weighted by atomic mass is 10.00. The Morgan fingerprint density at radius 2 is 1.17 bits per heavy atom. The highest BCUT2D eigenvalue weighted by atomic mass is 16.4. The Balaban J connectivity index is 5.42. The Hall–Kier alpha value is -3.83. The number of carbonyl (C=O) groups is 7. The van der Waals surface area contributed by atoms with Gasteiger partial charge in [0.25, 0.3) is 0 Å². The third-order valence-corrected chi connectivity index (χ3v) is 5.71. The van der Waals surface area contributed by atoms with E-state index in [1.165, 1.54) is 6.92 Å². The summed E-state index contributed by atoms with van der Waals surface area (Å²) in [6.07, 6.45) is -0.499. The van der Waals surface area contributed by atoms with Gasteiger partial charge in [-0.2, -0.15) is 0 Å². The van der Waals surface area contributed by atoms with E-state index in [9.17, 15) is 43.8 Å². The number of carboxylic acids is 1. The summed E-state index contributed by atoms with van der Waals surface area (Å²) in [5.74, 6) is -7.37. The molecule has 0 heterocycles. The van der Waals surface area contributed by atoms with Crippen molar-refractivity contribution < 1.29 is 48.9 Å². The van der Waals surface area contributed by atoms with Crippen molar-refractivity contribution in [1.82, 2.24) is 26.6 Å². The van der Waals surface area contributed by atoms with Gasteiger partial charge in [0.15, 0.2) is 0 Å². The van der Waals surface area contributed by atoms with Crippen molar-refractivity contribution in [3.63, 3.8) is 0 Å². The fraction of sp³-hybridized carbons (Fsp3) is 0.708. The van der Waals surface area contributed by atoms with Crippen molar-refractivity contribution in [3.8, 4) is 0 Å². The molecule has 0 aromatic heterocycles. The molecule has 12 N–H and O–H groups in total. The van der Waals surface area contributed by atoms with E-state index in [1.807, 2.05) is 0 Å². The number of aliphatic carboxylic acids is 1.